The molecule has 5 fully saturated rings. The first-order valence-corrected chi connectivity index (χ1v) is 13.7. The van der Waals surface area contributed by atoms with Crippen LogP contribution in [0.1, 0.15) is 87.0 Å². The number of amides is 2. The SMILES string of the molecule is O=C(N1CC2(CCC(Oc3ccc(C(F)(F)F)nn3)CC2)C1)N1CC2(CC(c3nnc(C4CCC4)[nH]3)C2)C1. The molecule has 0 bridgehead atoms. The van der Waals surface area contributed by atoms with Gasteiger partial charge in [0.05, 0.1) is 0 Å². The van der Waals surface area contributed by atoms with Crippen LogP contribution in [-0.2, 0) is 6.18 Å². The van der Waals surface area contributed by atoms with Crippen molar-refractivity contribution >= 4 is 6.03 Å². The fourth-order valence-corrected chi connectivity index (χ4v) is 7.12. The van der Waals surface area contributed by atoms with Gasteiger partial charge in [0.2, 0.25) is 5.88 Å². The lowest BCUT2D eigenvalue weighted by Crippen LogP contribution is -2.69. The summed E-state index contributed by atoms with van der Waals surface area (Å²) in [6, 6.07) is 2.27. The smallest absolute Gasteiger partial charge is 0.435 e. The Morgan fingerprint density at radius 1 is 0.868 bits per heavy atom. The van der Waals surface area contributed by atoms with Crippen molar-refractivity contribution in [2.45, 2.75) is 81.9 Å². The van der Waals surface area contributed by atoms with Crippen LogP contribution in [0.15, 0.2) is 12.1 Å². The molecular weight excluding hydrogens is 499 g/mol. The first kappa shape index (κ1) is 24.1. The largest absolute Gasteiger partial charge is 0.473 e. The van der Waals surface area contributed by atoms with Crippen LogP contribution in [0.3, 0.4) is 0 Å². The topological polar surface area (TPSA) is 100 Å². The summed E-state index contributed by atoms with van der Waals surface area (Å²) < 4.78 is 43.8. The molecule has 2 saturated heterocycles. The summed E-state index contributed by atoms with van der Waals surface area (Å²) in [5, 5.41) is 15.6. The minimum absolute atomic E-state index is 0.0904. The molecule has 9 nitrogen and oxygen atoms in total. The minimum atomic E-state index is -4.51. The van der Waals surface area contributed by atoms with E-state index >= 15 is 0 Å². The Bertz CT molecular complexity index is 1180. The maximum absolute atomic E-state index is 13.0. The van der Waals surface area contributed by atoms with Crippen molar-refractivity contribution in [3.63, 3.8) is 0 Å². The van der Waals surface area contributed by atoms with E-state index < -0.39 is 11.9 Å². The molecule has 0 unspecified atom stereocenters. The van der Waals surface area contributed by atoms with Crippen LogP contribution in [0.4, 0.5) is 18.0 Å². The third-order valence-electron chi connectivity index (χ3n) is 9.62. The number of ether oxygens (including phenoxy) is 1. The molecule has 0 radical (unpaired) electrons. The minimum Gasteiger partial charge on any atom is -0.473 e. The Kier molecular flexibility index (Phi) is 5.43. The van der Waals surface area contributed by atoms with E-state index in [9.17, 15) is 18.0 Å². The number of H-pyrrole nitrogens is 1. The number of halogens is 3. The van der Waals surface area contributed by atoms with E-state index in [0.29, 0.717) is 11.8 Å². The number of likely N-dealkylation sites (tertiary alicyclic amines) is 2. The Balaban J connectivity index is 0.834. The molecule has 2 aliphatic heterocycles. The van der Waals surface area contributed by atoms with Gasteiger partial charge in [-0.15, -0.1) is 20.4 Å². The normalized spacial score (nSPS) is 25.0. The molecule has 2 amide bonds. The van der Waals surface area contributed by atoms with Crippen molar-refractivity contribution < 1.29 is 22.7 Å². The molecule has 2 aromatic heterocycles. The van der Waals surface area contributed by atoms with Gasteiger partial charge in [0.25, 0.3) is 0 Å². The molecule has 3 aliphatic carbocycles. The van der Waals surface area contributed by atoms with E-state index in [2.05, 4.69) is 25.4 Å². The molecule has 2 spiro atoms. The summed E-state index contributed by atoms with van der Waals surface area (Å²) in [4.78, 5) is 20.5. The molecule has 5 aliphatic rings. The van der Waals surface area contributed by atoms with Crippen molar-refractivity contribution in [1.82, 2.24) is 35.2 Å². The number of aromatic nitrogens is 5. The molecule has 1 N–H and O–H groups in total. The third-order valence-corrected chi connectivity index (χ3v) is 9.62. The Morgan fingerprint density at radius 3 is 2.05 bits per heavy atom. The van der Waals surface area contributed by atoms with Gasteiger partial charge >= 0.3 is 12.2 Å². The number of carbonyl (C=O) groups is 1. The van der Waals surface area contributed by atoms with E-state index in [0.717, 1.165) is 82.4 Å². The number of urea groups is 1. The van der Waals surface area contributed by atoms with E-state index in [-0.39, 0.29) is 28.8 Å². The van der Waals surface area contributed by atoms with Gasteiger partial charge in [-0.1, -0.05) is 6.42 Å². The average Bonchev–Trinajstić information content (AvgIpc) is 3.23. The monoisotopic (exact) mass is 531 g/mol. The molecule has 0 atom stereocenters. The number of nitrogens with zero attached hydrogens (tertiary/aromatic N) is 6. The average molecular weight is 532 g/mol. The van der Waals surface area contributed by atoms with Crippen LogP contribution in [0.25, 0.3) is 0 Å². The third kappa shape index (κ3) is 4.20. The maximum Gasteiger partial charge on any atom is 0.435 e. The zero-order valence-corrected chi connectivity index (χ0v) is 21.2. The standard InChI is InChI=1S/C26H32F3N7O2/c27-26(28,29)19-4-5-20(32-31-19)38-18-6-8-24(9-7-18)12-35(13-24)23(37)36-14-25(15-36)10-17(11-25)22-30-21(33-34-22)16-2-1-3-16/h4-5,16-18H,1-3,6-15H2,(H,30,33,34). The number of hydrogen-bond donors (Lipinski definition) is 1. The molecule has 4 heterocycles. The number of rotatable bonds is 4. The quantitative estimate of drug-likeness (QED) is 0.624. The summed E-state index contributed by atoms with van der Waals surface area (Å²) in [5.41, 5.74) is -0.636. The van der Waals surface area contributed by atoms with Crippen LogP contribution in [0.2, 0.25) is 0 Å². The zero-order chi connectivity index (χ0) is 26.1. The second kappa shape index (κ2) is 8.54. The summed E-state index contributed by atoms with van der Waals surface area (Å²) in [5.74, 6) is 3.20. The van der Waals surface area contributed by atoms with Crippen LogP contribution < -0.4 is 4.74 Å². The van der Waals surface area contributed by atoms with E-state index in [1.165, 1.54) is 25.3 Å². The van der Waals surface area contributed by atoms with Crippen molar-refractivity contribution in [1.29, 1.82) is 0 Å². The summed E-state index contributed by atoms with van der Waals surface area (Å²) in [6.07, 6.45) is 4.71. The highest BCUT2D eigenvalue weighted by atomic mass is 19.4. The Labute approximate surface area is 218 Å². The van der Waals surface area contributed by atoms with Crippen LogP contribution in [0, 0.1) is 10.8 Å². The Morgan fingerprint density at radius 2 is 1.50 bits per heavy atom. The highest BCUT2D eigenvalue weighted by molar-refractivity contribution is 5.76. The Hall–Kier alpha value is -2.92. The highest BCUT2D eigenvalue weighted by Crippen LogP contribution is 2.56. The first-order valence-electron chi connectivity index (χ1n) is 13.7. The number of nitrogens with one attached hydrogen (secondary N) is 1. The second-order valence-corrected chi connectivity index (χ2v) is 12.4. The van der Waals surface area contributed by atoms with Gasteiger partial charge in [0.1, 0.15) is 17.8 Å². The molecule has 12 heteroatoms. The van der Waals surface area contributed by atoms with Crippen LogP contribution >= 0.6 is 0 Å². The fraction of sp³-hybridized carbons (Fsp3) is 0.731. The lowest BCUT2D eigenvalue weighted by atomic mass is 9.57. The van der Waals surface area contributed by atoms with E-state index in [4.69, 9.17) is 4.74 Å². The molecule has 2 aromatic rings. The molecule has 0 aromatic carbocycles. The van der Waals surface area contributed by atoms with Gasteiger partial charge in [0, 0.05) is 54.9 Å². The summed E-state index contributed by atoms with van der Waals surface area (Å²) in [7, 11) is 0. The summed E-state index contributed by atoms with van der Waals surface area (Å²) >= 11 is 0. The first-order chi connectivity index (χ1) is 18.2. The van der Waals surface area contributed by atoms with Gasteiger partial charge in [-0.3, -0.25) is 0 Å². The fourth-order valence-electron chi connectivity index (χ4n) is 7.12. The van der Waals surface area contributed by atoms with Crippen molar-refractivity contribution in [2.24, 2.45) is 10.8 Å². The highest BCUT2D eigenvalue weighted by Gasteiger charge is 2.57. The van der Waals surface area contributed by atoms with Gasteiger partial charge in [-0.2, -0.15) is 13.2 Å². The number of carbonyl (C=O) groups excluding carboxylic acids is 1. The van der Waals surface area contributed by atoms with E-state index in [1.807, 2.05) is 9.80 Å². The maximum atomic E-state index is 13.0. The van der Waals surface area contributed by atoms with Gasteiger partial charge in [-0.25, -0.2) is 4.79 Å². The van der Waals surface area contributed by atoms with Crippen molar-refractivity contribution in [3.8, 4) is 5.88 Å². The molecule has 7 rings (SSSR count). The lowest BCUT2D eigenvalue weighted by Gasteiger charge is -2.61. The molecule has 204 valence electrons. The molecular formula is C26H32F3N7O2. The summed E-state index contributed by atoms with van der Waals surface area (Å²) in [6.45, 7) is 3.21. The van der Waals surface area contributed by atoms with Crippen molar-refractivity contribution in [2.75, 3.05) is 26.2 Å². The number of alkyl halides is 3. The predicted octanol–water partition coefficient (Wildman–Crippen LogP) is 4.50. The van der Waals surface area contributed by atoms with Crippen LogP contribution in [-0.4, -0.2) is 73.5 Å². The van der Waals surface area contributed by atoms with Gasteiger partial charge in [-0.05, 0) is 57.4 Å². The molecule has 3 saturated carbocycles. The number of hydrogen-bond acceptors (Lipinski definition) is 6. The second-order valence-electron chi connectivity index (χ2n) is 12.4. The van der Waals surface area contributed by atoms with Crippen LogP contribution in [0.5, 0.6) is 5.88 Å². The lowest BCUT2D eigenvalue weighted by molar-refractivity contribution is -0.141. The zero-order valence-electron chi connectivity index (χ0n) is 21.2. The van der Waals surface area contributed by atoms with Gasteiger partial charge < -0.3 is 19.5 Å². The number of aromatic amines is 1. The molecule has 38 heavy (non-hydrogen) atoms. The van der Waals surface area contributed by atoms with Gasteiger partial charge in [0.15, 0.2) is 5.69 Å². The van der Waals surface area contributed by atoms with Crippen molar-refractivity contribution in [3.05, 3.63) is 29.5 Å². The predicted molar refractivity (Wildman–Crippen MR) is 128 cm³/mol. The van der Waals surface area contributed by atoms with E-state index in [1.54, 1.807) is 0 Å².